The summed E-state index contributed by atoms with van der Waals surface area (Å²) in [4.78, 5) is 12.0. The van der Waals surface area contributed by atoms with Crippen LogP contribution in [0, 0.1) is 11.8 Å². The highest BCUT2D eigenvalue weighted by Gasteiger charge is 2.14. The standard InChI is InChI=1S/C18H17NO2/c1-13(2)21-18(20)16-10-6-9-15(17(16)19)12-11-14-7-4-3-5-8-14/h3-10,13H,19H2,1-2H3. The van der Waals surface area contributed by atoms with E-state index < -0.39 is 5.97 Å². The van der Waals surface area contributed by atoms with Crippen molar-refractivity contribution >= 4 is 11.7 Å². The van der Waals surface area contributed by atoms with Crippen molar-refractivity contribution < 1.29 is 9.53 Å². The van der Waals surface area contributed by atoms with Crippen molar-refractivity contribution in [2.24, 2.45) is 0 Å². The molecule has 0 aromatic heterocycles. The zero-order chi connectivity index (χ0) is 15.2. The van der Waals surface area contributed by atoms with Gasteiger partial charge in [0.25, 0.3) is 0 Å². The van der Waals surface area contributed by atoms with Crippen molar-refractivity contribution in [1.29, 1.82) is 0 Å². The molecule has 2 aromatic rings. The van der Waals surface area contributed by atoms with Crippen LogP contribution in [0.4, 0.5) is 5.69 Å². The number of rotatable bonds is 2. The minimum absolute atomic E-state index is 0.184. The Kier molecular flexibility index (Phi) is 4.63. The smallest absolute Gasteiger partial charge is 0.340 e. The molecule has 0 saturated carbocycles. The zero-order valence-electron chi connectivity index (χ0n) is 12.1. The zero-order valence-corrected chi connectivity index (χ0v) is 12.1. The van der Waals surface area contributed by atoms with Crippen LogP contribution in [0.5, 0.6) is 0 Å². The second kappa shape index (κ2) is 6.62. The molecule has 0 aliphatic carbocycles. The van der Waals surface area contributed by atoms with Gasteiger partial charge in [-0.25, -0.2) is 4.79 Å². The fraction of sp³-hybridized carbons (Fsp3) is 0.167. The Balaban J connectivity index is 2.31. The quantitative estimate of drug-likeness (QED) is 0.521. The van der Waals surface area contributed by atoms with Gasteiger partial charge < -0.3 is 10.5 Å². The molecule has 2 N–H and O–H groups in total. The van der Waals surface area contributed by atoms with Crippen molar-refractivity contribution in [2.75, 3.05) is 5.73 Å². The third kappa shape index (κ3) is 3.87. The van der Waals surface area contributed by atoms with Crippen LogP contribution in [0.3, 0.4) is 0 Å². The molecule has 0 heterocycles. The molecule has 3 heteroatoms. The lowest BCUT2D eigenvalue weighted by Gasteiger charge is -2.10. The molecule has 3 nitrogen and oxygen atoms in total. The molecular weight excluding hydrogens is 262 g/mol. The van der Waals surface area contributed by atoms with E-state index in [9.17, 15) is 4.79 Å². The van der Waals surface area contributed by atoms with E-state index in [1.54, 1.807) is 32.0 Å². The molecule has 2 aromatic carbocycles. The first kappa shape index (κ1) is 14.7. The summed E-state index contributed by atoms with van der Waals surface area (Å²) < 4.78 is 5.17. The summed E-state index contributed by atoms with van der Waals surface area (Å²) in [5, 5.41) is 0. The van der Waals surface area contributed by atoms with Gasteiger partial charge in [-0.2, -0.15) is 0 Å². The predicted molar refractivity (Wildman–Crippen MR) is 83.8 cm³/mol. The van der Waals surface area contributed by atoms with E-state index in [1.165, 1.54) is 0 Å². The van der Waals surface area contributed by atoms with Crippen molar-refractivity contribution in [3.05, 3.63) is 65.2 Å². The minimum atomic E-state index is -0.425. The van der Waals surface area contributed by atoms with Crippen LogP contribution in [0.15, 0.2) is 48.5 Å². The van der Waals surface area contributed by atoms with Crippen LogP contribution in [0.2, 0.25) is 0 Å². The number of benzene rings is 2. The molecule has 21 heavy (non-hydrogen) atoms. The van der Waals surface area contributed by atoms with Gasteiger partial charge in [-0.15, -0.1) is 0 Å². The van der Waals surface area contributed by atoms with E-state index >= 15 is 0 Å². The Morgan fingerprint density at radius 2 is 1.76 bits per heavy atom. The normalized spacial score (nSPS) is 9.86. The average Bonchev–Trinajstić information content (AvgIpc) is 2.46. The van der Waals surface area contributed by atoms with Crippen LogP contribution in [-0.4, -0.2) is 12.1 Å². The lowest BCUT2D eigenvalue weighted by atomic mass is 10.1. The van der Waals surface area contributed by atoms with Gasteiger partial charge in [-0.1, -0.05) is 36.1 Å². The van der Waals surface area contributed by atoms with E-state index in [0.29, 0.717) is 16.8 Å². The monoisotopic (exact) mass is 279 g/mol. The Labute approximate surface area is 124 Å². The summed E-state index contributed by atoms with van der Waals surface area (Å²) >= 11 is 0. The van der Waals surface area contributed by atoms with Crippen molar-refractivity contribution in [1.82, 2.24) is 0 Å². The number of ether oxygens (including phenoxy) is 1. The number of carbonyl (C=O) groups is 1. The van der Waals surface area contributed by atoms with Crippen LogP contribution < -0.4 is 5.73 Å². The summed E-state index contributed by atoms with van der Waals surface area (Å²) in [5.74, 6) is 5.60. The van der Waals surface area contributed by atoms with Gasteiger partial charge in [0.2, 0.25) is 0 Å². The molecule has 0 spiro atoms. The molecular formula is C18H17NO2. The van der Waals surface area contributed by atoms with E-state index in [0.717, 1.165) is 5.56 Å². The molecule has 0 unspecified atom stereocenters. The predicted octanol–water partition coefficient (Wildman–Crippen LogP) is 3.23. The number of hydrogen-bond acceptors (Lipinski definition) is 3. The summed E-state index contributed by atoms with van der Waals surface area (Å²) in [6.07, 6.45) is -0.184. The molecule has 0 bridgehead atoms. The lowest BCUT2D eigenvalue weighted by Crippen LogP contribution is -2.14. The van der Waals surface area contributed by atoms with Crippen molar-refractivity contribution in [2.45, 2.75) is 20.0 Å². The highest BCUT2D eigenvalue weighted by molar-refractivity contribution is 5.96. The maximum absolute atomic E-state index is 12.0. The Morgan fingerprint density at radius 3 is 2.43 bits per heavy atom. The third-order valence-corrected chi connectivity index (χ3v) is 2.78. The van der Waals surface area contributed by atoms with Crippen LogP contribution in [-0.2, 0) is 4.74 Å². The number of esters is 1. The molecule has 2 rings (SSSR count). The minimum Gasteiger partial charge on any atom is -0.459 e. The first-order valence-corrected chi connectivity index (χ1v) is 6.74. The SMILES string of the molecule is CC(C)OC(=O)c1cccc(C#Cc2ccccc2)c1N. The topological polar surface area (TPSA) is 52.3 Å². The molecule has 0 saturated heterocycles. The van der Waals surface area contributed by atoms with Gasteiger partial charge in [0.15, 0.2) is 0 Å². The second-order valence-corrected chi connectivity index (χ2v) is 4.84. The first-order valence-electron chi connectivity index (χ1n) is 6.74. The summed E-state index contributed by atoms with van der Waals surface area (Å²) in [6, 6.07) is 14.8. The largest absolute Gasteiger partial charge is 0.459 e. The molecule has 0 aliphatic rings. The van der Waals surface area contributed by atoms with E-state index in [2.05, 4.69) is 11.8 Å². The molecule has 0 fully saturated rings. The molecule has 0 aliphatic heterocycles. The van der Waals surface area contributed by atoms with E-state index in [-0.39, 0.29) is 6.10 Å². The molecule has 0 radical (unpaired) electrons. The number of anilines is 1. The van der Waals surface area contributed by atoms with Gasteiger partial charge >= 0.3 is 5.97 Å². The lowest BCUT2D eigenvalue weighted by molar-refractivity contribution is 0.0379. The fourth-order valence-corrected chi connectivity index (χ4v) is 1.79. The molecule has 0 atom stereocenters. The number of hydrogen-bond donors (Lipinski definition) is 1. The van der Waals surface area contributed by atoms with Gasteiger partial charge in [0.1, 0.15) is 0 Å². The van der Waals surface area contributed by atoms with E-state index in [4.69, 9.17) is 10.5 Å². The number of nitrogens with two attached hydrogens (primary N) is 1. The summed E-state index contributed by atoms with van der Waals surface area (Å²) in [5.41, 5.74) is 8.24. The molecule has 106 valence electrons. The number of carbonyl (C=O) groups excluding carboxylic acids is 1. The van der Waals surface area contributed by atoms with Crippen molar-refractivity contribution in [3.63, 3.8) is 0 Å². The van der Waals surface area contributed by atoms with Gasteiger partial charge in [0.05, 0.1) is 17.4 Å². The van der Waals surface area contributed by atoms with Crippen LogP contribution in [0.1, 0.15) is 35.3 Å². The average molecular weight is 279 g/mol. The van der Waals surface area contributed by atoms with Crippen LogP contribution >= 0.6 is 0 Å². The first-order chi connectivity index (χ1) is 10.1. The van der Waals surface area contributed by atoms with Crippen LogP contribution in [0.25, 0.3) is 0 Å². The third-order valence-electron chi connectivity index (χ3n) is 2.78. The van der Waals surface area contributed by atoms with Crippen molar-refractivity contribution in [3.8, 4) is 11.8 Å². The summed E-state index contributed by atoms with van der Waals surface area (Å²) in [7, 11) is 0. The Bertz CT molecular complexity index is 694. The maximum atomic E-state index is 12.0. The van der Waals surface area contributed by atoms with E-state index in [1.807, 2.05) is 30.3 Å². The number of nitrogen functional groups attached to an aromatic ring is 1. The second-order valence-electron chi connectivity index (χ2n) is 4.84. The van der Waals surface area contributed by atoms with Gasteiger partial charge in [-0.3, -0.25) is 0 Å². The van der Waals surface area contributed by atoms with Gasteiger partial charge in [-0.05, 0) is 38.1 Å². The number of para-hydroxylation sites is 1. The Hall–Kier alpha value is -2.73. The molecule has 0 amide bonds. The fourth-order valence-electron chi connectivity index (χ4n) is 1.79. The highest BCUT2D eigenvalue weighted by atomic mass is 16.5. The Morgan fingerprint density at radius 1 is 1.05 bits per heavy atom. The van der Waals surface area contributed by atoms with Gasteiger partial charge in [0, 0.05) is 11.1 Å². The summed E-state index contributed by atoms with van der Waals surface area (Å²) in [6.45, 7) is 3.60. The highest BCUT2D eigenvalue weighted by Crippen LogP contribution is 2.18. The maximum Gasteiger partial charge on any atom is 0.340 e.